The zero-order valence-electron chi connectivity index (χ0n) is 9.48. The summed E-state index contributed by atoms with van der Waals surface area (Å²) in [7, 11) is 0. The van der Waals surface area contributed by atoms with Crippen molar-refractivity contribution >= 4 is 17.9 Å². The fourth-order valence-electron chi connectivity index (χ4n) is 0.765. The Morgan fingerprint density at radius 1 is 1.31 bits per heavy atom. The Morgan fingerprint density at radius 2 is 1.88 bits per heavy atom. The lowest BCUT2D eigenvalue weighted by Gasteiger charge is -2.19. The van der Waals surface area contributed by atoms with Gasteiger partial charge in [-0.1, -0.05) is 11.8 Å². The Morgan fingerprint density at radius 3 is 2.31 bits per heavy atom. The molecule has 0 bridgehead atoms. The minimum Gasteiger partial charge on any atom is -0.444 e. The highest BCUT2D eigenvalue weighted by molar-refractivity contribution is 8.00. The number of amides is 1. The average molecular weight is 259 g/mol. The van der Waals surface area contributed by atoms with Crippen LogP contribution in [0.4, 0.5) is 18.0 Å². The first-order chi connectivity index (χ1) is 7.10. The number of alkyl carbamates (subject to hydrolysis) is 1. The van der Waals surface area contributed by atoms with Crippen molar-refractivity contribution in [2.24, 2.45) is 0 Å². The minimum atomic E-state index is -4.20. The van der Waals surface area contributed by atoms with Gasteiger partial charge in [0, 0.05) is 12.3 Å². The predicted molar refractivity (Wildman–Crippen MR) is 57.4 cm³/mol. The Labute approximate surface area is 97.1 Å². The van der Waals surface area contributed by atoms with Gasteiger partial charge in [-0.15, -0.1) is 0 Å². The van der Waals surface area contributed by atoms with Gasteiger partial charge in [0.15, 0.2) is 0 Å². The Bertz CT molecular complexity index is 226. The van der Waals surface area contributed by atoms with E-state index in [1.54, 1.807) is 20.8 Å². The second kappa shape index (κ2) is 6.22. The molecular formula is C9H16F3NO2S. The van der Waals surface area contributed by atoms with Crippen molar-refractivity contribution in [2.75, 3.05) is 12.3 Å². The number of halogens is 3. The van der Waals surface area contributed by atoms with Gasteiger partial charge < -0.3 is 10.1 Å². The minimum absolute atomic E-state index is 0.0701. The van der Waals surface area contributed by atoms with Crippen molar-refractivity contribution in [3.8, 4) is 0 Å². The largest absolute Gasteiger partial charge is 0.444 e. The van der Waals surface area contributed by atoms with E-state index >= 15 is 0 Å². The molecule has 0 heterocycles. The lowest BCUT2D eigenvalue weighted by molar-refractivity contribution is -0.0327. The molecule has 0 aliphatic heterocycles. The van der Waals surface area contributed by atoms with Gasteiger partial charge in [-0.2, -0.15) is 13.2 Å². The SMILES string of the molecule is CC(C)(C)OC(=O)NCCCSC(F)(F)F. The number of hydrogen-bond acceptors (Lipinski definition) is 3. The quantitative estimate of drug-likeness (QED) is 0.788. The van der Waals surface area contributed by atoms with Gasteiger partial charge in [-0.05, 0) is 27.2 Å². The van der Waals surface area contributed by atoms with Crippen molar-refractivity contribution in [1.82, 2.24) is 5.32 Å². The molecule has 0 saturated carbocycles. The van der Waals surface area contributed by atoms with Crippen LogP contribution in [0.3, 0.4) is 0 Å². The van der Waals surface area contributed by atoms with E-state index in [-0.39, 0.29) is 30.5 Å². The van der Waals surface area contributed by atoms with E-state index < -0.39 is 17.2 Å². The summed E-state index contributed by atoms with van der Waals surface area (Å²) in [5.41, 5.74) is -4.79. The molecule has 0 aliphatic rings. The molecule has 0 rings (SSSR count). The van der Waals surface area contributed by atoms with Gasteiger partial charge >= 0.3 is 11.6 Å². The van der Waals surface area contributed by atoms with Gasteiger partial charge in [0.05, 0.1) is 0 Å². The number of rotatable bonds is 4. The molecule has 0 aromatic carbocycles. The molecule has 1 N–H and O–H groups in total. The summed E-state index contributed by atoms with van der Waals surface area (Å²) in [6.45, 7) is 5.32. The van der Waals surface area contributed by atoms with Crippen LogP contribution >= 0.6 is 11.8 Å². The number of ether oxygens (including phenoxy) is 1. The highest BCUT2D eigenvalue weighted by Gasteiger charge is 2.27. The van der Waals surface area contributed by atoms with Gasteiger partial charge in [-0.25, -0.2) is 4.79 Å². The maximum absolute atomic E-state index is 11.7. The topological polar surface area (TPSA) is 38.3 Å². The van der Waals surface area contributed by atoms with Crippen molar-refractivity contribution in [1.29, 1.82) is 0 Å². The van der Waals surface area contributed by atoms with Gasteiger partial charge in [0.2, 0.25) is 0 Å². The van der Waals surface area contributed by atoms with Crippen molar-refractivity contribution in [3.63, 3.8) is 0 Å². The molecular weight excluding hydrogens is 243 g/mol. The monoisotopic (exact) mass is 259 g/mol. The molecule has 0 spiro atoms. The maximum Gasteiger partial charge on any atom is 0.441 e. The lowest BCUT2D eigenvalue weighted by Crippen LogP contribution is -2.33. The smallest absolute Gasteiger partial charge is 0.441 e. The number of alkyl halides is 3. The third-order valence-corrected chi connectivity index (χ3v) is 2.08. The van der Waals surface area contributed by atoms with Crippen LogP contribution in [0.2, 0.25) is 0 Å². The average Bonchev–Trinajstić information content (AvgIpc) is 1.97. The van der Waals surface area contributed by atoms with Crippen LogP contribution in [-0.2, 0) is 4.74 Å². The molecule has 0 aromatic rings. The summed E-state index contributed by atoms with van der Waals surface area (Å²) in [5.74, 6) is -0.0701. The van der Waals surface area contributed by atoms with Crippen LogP contribution in [0, 0.1) is 0 Å². The van der Waals surface area contributed by atoms with E-state index in [9.17, 15) is 18.0 Å². The molecule has 0 atom stereocenters. The normalized spacial score (nSPS) is 12.4. The highest BCUT2D eigenvalue weighted by Crippen LogP contribution is 2.30. The number of carbonyl (C=O) groups is 1. The summed E-state index contributed by atoms with van der Waals surface area (Å²) >= 11 is -0.0937. The van der Waals surface area contributed by atoms with E-state index in [0.29, 0.717) is 0 Å². The van der Waals surface area contributed by atoms with Crippen LogP contribution in [0.25, 0.3) is 0 Å². The Hall–Kier alpha value is -0.590. The highest BCUT2D eigenvalue weighted by atomic mass is 32.2. The first-order valence-electron chi connectivity index (χ1n) is 4.78. The van der Waals surface area contributed by atoms with Crippen LogP contribution in [0.15, 0.2) is 0 Å². The fourth-order valence-corrected chi connectivity index (χ4v) is 1.28. The second-order valence-corrected chi connectivity index (χ2v) is 5.24. The van der Waals surface area contributed by atoms with Crippen LogP contribution in [0.5, 0.6) is 0 Å². The predicted octanol–water partition coefficient (Wildman–Crippen LogP) is 3.15. The second-order valence-electron chi connectivity index (χ2n) is 4.08. The molecule has 0 fully saturated rings. The molecule has 0 aromatic heterocycles. The van der Waals surface area contributed by atoms with E-state index in [1.807, 2.05) is 0 Å². The summed E-state index contributed by atoms with van der Waals surface area (Å²) < 4.78 is 40.1. The number of thioether (sulfide) groups is 1. The maximum atomic E-state index is 11.7. The molecule has 0 unspecified atom stereocenters. The molecule has 1 amide bonds. The number of nitrogens with one attached hydrogen (secondary N) is 1. The molecule has 16 heavy (non-hydrogen) atoms. The summed E-state index contributed by atoms with van der Waals surface area (Å²) in [5, 5.41) is 2.38. The Balaban J connectivity index is 3.50. The van der Waals surface area contributed by atoms with Crippen LogP contribution in [-0.4, -0.2) is 29.5 Å². The summed E-state index contributed by atoms with van der Waals surface area (Å²) in [4.78, 5) is 11.1. The first kappa shape index (κ1) is 15.4. The lowest BCUT2D eigenvalue weighted by atomic mass is 10.2. The third-order valence-electron chi connectivity index (χ3n) is 1.26. The molecule has 0 aliphatic carbocycles. The van der Waals surface area contributed by atoms with Crippen molar-refractivity contribution in [2.45, 2.75) is 38.3 Å². The first-order valence-corrected chi connectivity index (χ1v) is 5.76. The van der Waals surface area contributed by atoms with Gasteiger partial charge in [0.25, 0.3) is 0 Å². The summed E-state index contributed by atoms with van der Waals surface area (Å²) in [6.07, 6.45) is -0.354. The molecule has 0 radical (unpaired) electrons. The van der Waals surface area contributed by atoms with E-state index in [2.05, 4.69) is 5.32 Å². The molecule has 3 nitrogen and oxygen atoms in total. The zero-order valence-corrected chi connectivity index (χ0v) is 10.3. The zero-order chi connectivity index (χ0) is 12.8. The summed E-state index contributed by atoms with van der Waals surface area (Å²) in [6, 6.07) is 0. The molecule has 96 valence electrons. The third kappa shape index (κ3) is 11.5. The van der Waals surface area contributed by atoms with E-state index in [4.69, 9.17) is 4.74 Å². The number of carbonyl (C=O) groups excluding carboxylic acids is 1. The number of hydrogen-bond donors (Lipinski definition) is 1. The Kier molecular flexibility index (Phi) is 5.99. The fraction of sp³-hybridized carbons (Fsp3) is 0.889. The molecule has 0 saturated heterocycles. The van der Waals surface area contributed by atoms with Crippen LogP contribution in [0.1, 0.15) is 27.2 Å². The standard InChI is InChI=1S/C9H16F3NO2S/c1-8(2,3)15-7(14)13-5-4-6-16-9(10,11)12/h4-6H2,1-3H3,(H,13,14). The van der Waals surface area contributed by atoms with Crippen molar-refractivity contribution < 1.29 is 22.7 Å². The van der Waals surface area contributed by atoms with Crippen LogP contribution < -0.4 is 5.32 Å². The van der Waals surface area contributed by atoms with Gasteiger partial charge in [0.1, 0.15) is 5.60 Å². The van der Waals surface area contributed by atoms with Gasteiger partial charge in [-0.3, -0.25) is 0 Å². The van der Waals surface area contributed by atoms with E-state index in [0.717, 1.165) is 0 Å². The van der Waals surface area contributed by atoms with Crippen molar-refractivity contribution in [3.05, 3.63) is 0 Å². The van der Waals surface area contributed by atoms with E-state index in [1.165, 1.54) is 0 Å². The molecule has 7 heteroatoms.